The Morgan fingerprint density at radius 1 is 1.24 bits per heavy atom. The molecule has 3 nitrogen and oxygen atoms in total. The van der Waals surface area contributed by atoms with Crippen molar-refractivity contribution >= 4 is 23.3 Å². The van der Waals surface area contributed by atoms with Crippen molar-refractivity contribution in [2.24, 2.45) is 5.92 Å². The number of allylic oxidation sites excluding steroid dienone is 2. The maximum Gasteiger partial charge on any atom is 0.338 e. The van der Waals surface area contributed by atoms with Crippen molar-refractivity contribution in [1.82, 2.24) is 0 Å². The lowest BCUT2D eigenvalue weighted by Gasteiger charge is -2.37. The fourth-order valence-corrected chi connectivity index (χ4v) is 4.06. The molecular formula is C21H20ClNO2. The Labute approximate surface area is 152 Å². The summed E-state index contributed by atoms with van der Waals surface area (Å²) in [5, 5.41) is 4.42. The van der Waals surface area contributed by atoms with Crippen LogP contribution in [0, 0.1) is 5.92 Å². The second-order valence-corrected chi connectivity index (χ2v) is 6.99. The van der Waals surface area contributed by atoms with Gasteiger partial charge in [0.15, 0.2) is 0 Å². The van der Waals surface area contributed by atoms with Gasteiger partial charge in [-0.15, -0.1) is 0 Å². The summed E-state index contributed by atoms with van der Waals surface area (Å²) in [6.07, 6.45) is 5.53. The van der Waals surface area contributed by atoms with Crippen LogP contribution in [0.15, 0.2) is 54.6 Å². The van der Waals surface area contributed by atoms with E-state index in [2.05, 4.69) is 29.6 Å². The molecule has 0 saturated heterocycles. The van der Waals surface area contributed by atoms with Crippen molar-refractivity contribution < 1.29 is 9.53 Å². The average Bonchev–Trinajstić information content (AvgIpc) is 3.11. The van der Waals surface area contributed by atoms with Crippen molar-refractivity contribution in [3.05, 3.63) is 76.3 Å². The first kappa shape index (κ1) is 16.2. The highest BCUT2D eigenvalue weighted by Crippen LogP contribution is 2.50. The highest BCUT2D eigenvalue weighted by molar-refractivity contribution is 6.30. The monoisotopic (exact) mass is 353 g/mol. The summed E-state index contributed by atoms with van der Waals surface area (Å²) < 4.78 is 5.14. The van der Waals surface area contributed by atoms with E-state index in [1.165, 1.54) is 11.1 Å². The van der Waals surface area contributed by atoms with E-state index in [0.29, 0.717) is 24.0 Å². The van der Waals surface area contributed by atoms with E-state index >= 15 is 0 Å². The summed E-state index contributed by atoms with van der Waals surface area (Å²) in [5.41, 5.74) is 4.12. The standard InChI is InChI=1S/C21H20ClNO2/c1-2-25-21(24)14-8-11-19-18(12-14)16-4-3-5-17(16)20(23-19)13-6-9-15(22)10-7-13/h3-4,6-12,16-17,20,23H,2,5H2,1H3/t16-,17+,20-/m1/s1. The predicted octanol–water partition coefficient (Wildman–Crippen LogP) is 5.34. The normalized spacial score (nSPS) is 23.5. The largest absolute Gasteiger partial charge is 0.462 e. The predicted molar refractivity (Wildman–Crippen MR) is 100 cm³/mol. The molecule has 0 spiro atoms. The van der Waals surface area contributed by atoms with Gasteiger partial charge in [0.1, 0.15) is 0 Å². The van der Waals surface area contributed by atoms with Gasteiger partial charge in [-0.2, -0.15) is 0 Å². The minimum atomic E-state index is -0.261. The third-order valence-electron chi connectivity index (χ3n) is 5.10. The summed E-state index contributed by atoms with van der Waals surface area (Å²) in [7, 11) is 0. The lowest BCUT2D eigenvalue weighted by molar-refractivity contribution is 0.0526. The molecule has 0 amide bonds. The minimum absolute atomic E-state index is 0.234. The number of benzene rings is 2. The van der Waals surface area contributed by atoms with E-state index < -0.39 is 0 Å². The van der Waals surface area contributed by atoms with Crippen molar-refractivity contribution in [3.63, 3.8) is 0 Å². The Kier molecular flexibility index (Phi) is 4.26. The van der Waals surface area contributed by atoms with E-state index in [4.69, 9.17) is 16.3 Å². The first-order valence-electron chi connectivity index (χ1n) is 8.67. The number of nitrogens with one attached hydrogen (secondary N) is 1. The van der Waals surface area contributed by atoms with Crippen molar-refractivity contribution in [3.8, 4) is 0 Å². The zero-order chi connectivity index (χ0) is 17.4. The molecule has 0 saturated carbocycles. The first-order chi connectivity index (χ1) is 12.2. The number of hydrogen-bond donors (Lipinski definition) is 1. The highest BCUT2D eigenvalue weighted by Gasteiger charge is 2.38. The van der Waals surface area contributed by atoms with Crippen LogP contribution in [-0.4, -0.2) is 12.6 Å². The van der Waals surface area contributed by atoms with Crippen molar-refractivity contribution in [2.75, 3.05) is 11.9 Å². The van der Waals surface area contributed by atoms with Crippen LogP contribution in [0.3, 0.4) is 0 Å². The molecule has 0 aromatic heterocycles. The molecule has 0 unspecified atom stereocenters. The number of carbonyl (C=O) groups is 1. The second kappa shape index (κ2) is 6.57. The molecule has 2 aromatic carbocycles. The van der Waals surface area contributed by atoms with Crippen LogP contribution < -0.4 is 5.32 Å². The quantitative estimate of drug-likeness (QED) is 0.597. The van der Waals surface area contributed by atoms with E-state index in [9.17, 15) is 4.79 Å². The van der Waals surface area contributed by atoms with Gasteiger partial charge < -0.3 is 10.1 Å². The summed E-state index contributed by atoms with van der Waals surface area (Å²) in [6, 6.07) is 14.1. The van der Waals surface area contributed by atoms with Gasteiger partial charge in [0.25, 0.3) is 0 Å². The molecule has 2 aliphatic rings. The first-order valence-corrected chi connectivity index (χ1v) is 9.05. The van der Waals surface area contributed by atoms with Crippen LogP contribution >= 0.6 is 11.6 Å². The zero-order valence-corrected chi connectivity index (χ0v) is 14.8. The Bertz CT molecular complexity index is 828. The van der Waals surface area contributed by atoms with Crippen LogP contribution in [0.2, 0.25) is 5.02 Å². The number of ether oxygens (including phenoxy) is 1. The molecule has 1 heterocycles. The van der Waals surface area contributed by atoms with Gasteiger partial charge in [0.05, 0.1) is 18.2 Å². The smallest absolute Gasteiger partial charge is 0.338 e. The molecular weight excluding hydrogens is 334 g/mol. The van der Waals surface area contributed by atoms with Crippen LogP contribution in [0.25, 0.3) is 0 Å². The second-order valence-electron chi connectivity index (χ2n) is 6.55. The van der Waals surface area contributed by atoms with Crippen molar-refractivity contribution in [2.45, 2.75) is 25.3 Å². The van der Waals surface area contributed by atoms with Gasteiger partial charge in [-0.1, -0.05) is 35.9 Å². The summed E-state index contributed by atoms with van der Waals surface area (Å²) in [5.74, 6) is 0.487. The van der Waals surface area contributed by atoms with Crippen molar-refractivity contribution in [1.29, 1.82) is 0 Å². The van der Waals surface area contributed by atoms with Crippen LogP contribution in [0.4, 0.5) is 5.69 Å². The molecule has 0 fully saturated rings. The van der Waals surface area contributed by atoms with E-state index in [-0.39, 0.29) is 12.0 Å². The maximum atomic E-state index is 12.1. The maximum absolute atomic E-state index is 12.1. The molecule has 1 aliphatic heterocycles. The molecule has 1 aliphatic carbocycles. The topological polar surface area (TPSA) is 38.3 Å². The Morgan fingerprint density at radius 2 is 2.04 bits per heavy atom. The lowest BCUT2D eigenvalue weighted by atomic mass is 9.76. The van der Waals surface area contributed by atoms with Gasteiger partial charge >= 0.3 is 5.97 Å². The number of rotatable bonds is 3. The van der Waals surface area contributed by atoms with E-state index in [1.807, 2.05) is 37.3 Å². The lowest BCUT2D eigenvalue weighted by Crippen LogP contribution is -2.29. The molecule has 4 heteroatoms. The van der Waals surface area contributed by atoms with Gasteiger partial charge in [-0.3, -0.25) is 0 Å². The van der Waals surface area contributed by atoms with Gasteiger partial charge in [-0.25, -0.2) is 4.79 Å². The van der Waals surface area contributed by atoms with Crippen LogP contribution in [-0.2, 0) is 4.74 Å². The number of esters is 1. The zero-order valence-electron chi connectivity index (χ0n) is 14.0. The fourth-order valence-electron chi connectivity index (χ4n) is 3.94. The Morgan fingerprint density at radius 3 is 2.80 bits per heavy atom. The molecule has 0 radical (unpaired) electrons. The number of halogens is 1. The molecule has 1 N–H and O–H groups in total. The molecule has 3 atom stereocenters. The number of carbonyl (C=O) groups excluding carboxylic acids is 1. The molecule has 0 bridgehead atoms. The highest BCUT2D eigenvalue weighted by atomic mass is 35.5. The van der Waals surface area contributed by atoms with Gasteiger partial charge in [0.2, 0.25) is 0 Å². The van der Waals surface area contributed by atoms with E-state index in [1.54, 1.807) is 0 Å². The number of hydrogen-bond acceptors (Lipinski definition) is 3. The number of anilines is 1. The summed E-state index contributed by atoms with van der Waals surface area (Å²) >= 11 is 6.04. The average molecular weight is 354 g/mol. The third kappa shape index (κ3) is 2.93. The van der Waals surface area contributed by atoms with Gasteiger partial charge in [-0.05, 0) is 60.7 Å². The Hall–Kier alpha value is -2.26. The molecule has 25 heavy (non-hydrogen) atoms. The van der Waals surface area contributed by atoms with Gasteiger partial charge in [0, 0.05) is 16.6 Å². The van der Waals surface area contributed by atoms with E-state index in [0.717, 1.165) is 17.1 Å². The summed E-state index contributed by atoms with van der Waals surface area (Å²) in [4.78, 5) is 12.1. The SMILES string of the molecule is CCOC(=O)c1ccc2c(c1)[C@@H]1C=CC[C@@H]1[C@@H](c1ccc(Cl)cc1)N2. The molecule has 4 rings (SSSR count). The Balaban J connectivity index is 1.71. The minimum Gasteiger partial charge on any atom is -0.462 e. The summed E-state index contributed by atoms with van der Waals surface area (Å²) in [6.45, 7) is 2.21. The fraction of sp³-hybridized carbons (Fsp3) is 0.286. The number of fused-ring (bicyclic) bond motifs is 3. The molecule has 128 valence electrons. The third-order valence-corrected chi connectivity index (χ3v) is 5.36. The van der Waals surface area contributed by atoms with Crippen LogP contribution in [0.1, 0.15) is 46.8 Å². The molecule has 2 aromatic rings. The van der Waals surface area contributed by atoms with Crippen LogP contribution in [0.5, 0.6) is 0 Å².